The Morgan fingerprint density at radius 1 is 1.09 bits per heavy atom. The van der Waals surface area contributed by atoms with Crippen molar-refractivity contribution in [2.45, 2.75) is 70.9 Å². The fraction of sp³-hybridized carbons (Fsp3) is 0.609. The fourth-order valence-corrected chi connectivity index (χ4v) is 5.26. The number of aromatic nitrogens is 2. The highest BCUT2D eigenvalue weighted by atomic mass is 16.2. The molecule has 1 aliphatic heterocycles. The maximum Gasteiger partial charge on any atom is 0.330 e. The number of nitrogens with zero attached hydrogens (tertiary/aromatic N) is 3. The van der Waals surface area contributed by atoms with Gasteiger partial charge in [0.1, 0.15) is 12.4 Å². The van der Waals surface area contributed by atoms with E-state index in [2.05, 4.69) is 4.98 Å². The first-order chi connectivity index (χ1) is 15.8. The van der Waals surface area contributed by atoms with Crippen LogP contribution in [0.5, 0.6) is 0 Å². The SMILES string of the molecule is CCCCn1c(N)c(N(C(=O)CN2C(=O)[C@H]3CC=CC[C@@H]3C2=O)C2CCCC2)c(=O)[nH]c1=O. The van der Waals surface area contributed by atoms with E-state index in [9.17, 15) is 24.0 Å². The molecule has 2 fully saturated rings. The Bertz CT molecular complexity index is 1070. The van der Waals surface area contributed by atoms with Crippen molar-refractivity contribution in [3.8, 4) is 0 Å². The van der Waals surface area contributed by atoms with Gasteiger partial charge in [-0.25, -0.2) is 4.79 Å². The van der Waals surface area contributed by atoms with Crippen molar-refractivity contribution in [3.63, 3.8) is 0 Å². The Hall–Kier alpha value is -3.17. The molecule has 3 aliphatic rings. The number of nitrogen functional groups attached to an aromatic ring is 1. The maximum atomic E-state index is 13.6. The van der Waals surface area contributed by atoms with Crippen LogP contribution in [0.15, 0.2) is 21.7 Å². The van der Waals surface area contributed by atoms with Gasteiger partial charge in [-0.2, -0.15) is 0 Å². The molecule has 0 radical (unpaired) electrons. The third-order valence-corrected chi connectivity index (χ3v) is 7.04. The van der Waals surface area contributed by atoms with Gasteiger partial charge in [0.25, 0.3) is 5.56 Å². The van der Waals surface area contributed by atoms with Crippen LogP contribution < -0.4 is 21.9 Å². The minimum absolute atomic E-state index is 0.0607. The number of likely N-dealkylation sites (tertiary alicyclic amines) is 1. The minimum atomic E-state index is -0.734. The molecule has 1 saturated carbocycles. The van der Waals surface area contributed by atoms with Crippen LogP contribution in [0.1, 0.15) is 58.3 Å². The average Bonchev–Trinajstić information content (AvgIpc) is 3.40. The molecule has 0 unspecified atom stereocenters. The standard InChI is InChI=1S/C23H31N5O5/c1-2-3-12-26-19(24)18(20(30)25-23(26)33)28(14-8-4-5-9-14)17(29)13-27-21(31)15-10-6-7-11-16(15)22(27)32/h6-7,14-16H,2-5,8-13,24H2,1H3,(H,25,30,33)/t15-,16-/m0/s1. The molecule has 2 atom stereocenters. The molecular formula is C23H31N5O5. The molecule has 2 aliphatic carbocycles. The molecule has 0 aromatic carbocycles. The number of aromatic amines is 1. The molecule has 10 heteroatoms. The summed E-state index contributed by atoms with van der Waals surface area (Å²) in [4.78, 5) is 69.2. The van der Waals surface area contributed by atoms with Crippen molar-refractivity contribution in [1.82, 2.24) is 14.5 Å². The summed E-state index contributed by atoms with van der Waals surface area (Å²) in [5, 5.41) is 0. The molecule has 1 saturated heterocycles. The zero-order valence-corrected chi connectivity index (χ0v) is 18.9. The molecule has 33 heavy (non-hydrogen) atoms. The van der Waals surface area contributed by atoms with Crippen molar-refractivity contribution in [2.24, 2.45) is 11.8 Å². The van der Waals surface area contributed by atoms with Crippen molar-refractivity contribution >= 4 is 29.2 Å². The lowest BCUT2D eigenvalue weighted by Crippen LogP contribution is -2.50. The number of hydrogen-bond acceptors (Lipinski definition) is 6. The van der Waals surface area contributed by atoms with Crippen LogP contribution in [0.2, 0.25) is 0 Å². The fourth-order valence-electron chi connectivity index (χ4n) is 5.26. The second-order valence-electron chi connectivity index (χ2n) is 9.12. The van der Waals surface area contributed by atoms with E-state index in [0.717, 1.165) is 24.2 Å². The van der Waals surface area contributed by atoms with E-state index >= 15 is 0 Å². The number of unbranched alkanes of at least 4 members (excludes halogenated alkanes) is 1. The molecule has 4 rings (SSSR count). The minimum Gasteiger partial charge on any atom is -0.383 e. The molecule has 178 valence electrons. The highest BCUT2D eigenvalue weighted by molar-refractivity contribution is 6.09. The normalized spacial score (nSPS) is 22.8. The first-order valence-electron chi connectivity index (χ1n) is 11.8. The smallest absolute Gasteiger partial charge is 0.330 e. The van der Waals surface area contributed by atoms with Crippen molar-refractivity contribution in [2.75, 3.05) is 17.2 Å². The first kappa shape index (κ1) is 23.0. The summed E-state index contributed by atoms with van der Waals surface area (Å²) >= 11 is 0. The molecule has 1 aromatic rings. The Balaban J connectivity index is 1.69. The summed E-state index contributed by atoms with van der Waals surface area (Å²) in [5.41, 5.74) is 4.87. The number of H-pyrrole nitrogens is 1. The van der Waals surface area contributed by atoms with E-state index in [1.165, 1.54) is 9.47 Å². The summed E-state index contributed by atoms with van der Waals surface area (Å²) in [7, 11) is 0. The number of rotatable bonds is 7. The van der Waals surface area contributed by atoms with Crippen LogP contribution in [0.4, 0.5) is 11.5 Å². The van der Waals surface area contributed by atoms with E-state index in [-0.39, 0.29) is 29.4 Å². The number of amides is 3. The third-order valence-electron chi connectivity index (χ3n) is 7.04. The summed E-state index contributed by atoms with van der Waals surface area (Å²) in [6, 6.07) is -0.283. The molecule has 3 amide bonds. The van der Waals surface area contributed by atoms with Gasteiger partial charge in [-0.3, -0.25) is 38.5 Å². The third kappa shape index (κ3) is 4.14. The maximum absolute atomic E-state index is 13.6. The average molecular weight is 458 g/mol. The number of fused-ring (bicyclic) bond motifs is 1. The van der Waals surface area contributed by atoms with Gasteiger partial charge in [-0.1, -0.05) is 38.3 Å². The molecule has 2 heterocycles. The van der Waals surface area contributed by atoms with Crippen LogP contribution in [0.3, 0.4) is 0 Å². The van der Waals surface area contributed by atoms with E-state index in [1.807, 2.05) is 19.1 Å². The van der Waals surface area contributed by atoms with Gasteiger partial charge in [0, 0.05) is 12.6 Å². The van der Waals surface area contributed by atoms with E-state index in [4.69, 9.17) is 5.73 Å². The second kappa shape index (κ2) is 9.36. The monoisotopic (exact) mass is 457 g/mol. The lowest BCUT2D eigenvalue weighted by Gasteiger charge is -2.31. The molecular weight excluding hydrogens is 426 g/mol. The number of nitrogens with one attached hydrogen (secondary N) is 1. The van der Waals surface area contributed by atoms with E-state index < -0.39 is 35.5 Å². The molecule has 1 aromatic heterocycles. The zero-order chi connectivity index (χ0) is 23.7. The van der Waals surface area contributed by atoms with Gasteiger partial charge in [0.15, 0.2) is 5.69 Å². The number of carbonyl (C=O) groups excluding carboxylic acids is 3. The molecule has 10 nitrogen and oxygen atoms in total. The Morgan fingerprint density at radius 3 is 2.27 bits per heavy atom. The molecule has 0 bridgehead atoms. The summed E-state index contributed by atoms with van der Waals surface area (Å²) < 4.78 is 1.28. The lowest BCUT2D eigenvalue weighted by molar-refractivity contribution is -0.143. The summed E-state index contributed by atoms with van der Waals surface area (Å²) in [6.45, 7) is 1.85. The van der Waals surface area contributed by atoms with E-state index in [1.54, 1.807) is 0 Å². The van der Waals surface area contributed by atoms with Gasteiger partial charge in [0.05, 0.1) is 11.8 Å². The van der Waals surface area contributed by atoms with Crippen molar-refractivity contribution in [3.05, 3.63) is 33.0 Å². The molecule has 0 spiro atoms. The summed E-state index contributed by atoms with van der Waals surface area (Å²) in [5.74, 6) is -2.14. The van der Waals surface area contributed by atoms with Crippen molar-refractivity contribution < 1.29 is 14.4 Å². The topological polar surface area (TPSA) is 139 Å². The number of imide groups is 1. The Labute approximate surface area is 191 Å². The number of hydrogen-bond donors (Lipinski definition) is 2. The van der Waals surface area contributed by atoms with Crippen LogP contribution in [0, 0.1) is 11.8 Å². The van der Waals surface area contributed by atoms with Crippen LogP contribution in [0.25, 0.3) is 0 Å². The van der Waals surface area contributed by atoms with Gasteiger partial charge in [0.2, 0.25) is 17.7 Å². The Kier molecular flexibility index (Phi) is 6.53. The number of nitrogens with two attached hydrogens (primary N) is 1. The highest BCUT2D eigenvalue weighted by Crippen LogP contribution is 2.36. The predicted molar refractivity (Wildman–Crippen MR) is 122 cm³/mol. The first-order valence-corrected chi connectivity index (χ1v) is 11.8. The van der Waals surface area contributed by atoms with Gasteiger partial charge < -0.3 is 5.73 Å². The van der Waals surface area contributed by atoms with E-state index in [0.29, 0.717) is 38.6 Å². The quantitative estimate of drug-likeness (QED) is 0.465. The van der Waals surface area contributed by atoms with Gasteiger partial charge in [-0.05, 0) is 32.1 Å². The number of allylic oxidation sites excluding steroid dienone is 2. The van der Waals surface area contributed by atoms with Crippen LogP contribution in [-0.4, -0.2) is 44.8 Å². The zero-order valence-electron chi connectivity index (χ0n) is 18.9. The second-order valence-corrected chi connectivity index (χ2v) is 9.12. The molecule has 3 N–H and O–H groups in total. The predicted octanol–water partition coefficient (Wildman–Crippen LogP) is 1.15. The lowest BCUT2D eigenvalue weighted by atomic mass is 9.85. The van der Waals surface area contributed by atoms with Gasteiger partial charge in [-0.15, -0.1) is 0 Å². The van der Waals surface area contributed by atoms with Crippen molar-refractivity contribution in [1.29, 1.82) is 0 Å². The van der Waals surface area contributed by atoms with Crippen LogP contribution in [-0.2, 0) is 20.9 Å². The van der Waals surface area contributed by atoms with Gasteiger partial charge >= 0.3 is 5.69 Å². The summed E-state index contributed by atoms with van der Waals surface area (Å²) in [6.07, 6.45) is 9.39. The van der Waals surface area contributed by atoms with Crippen LogP contribution >= 0.6 is 0 Å². The number of anilines is 2. The highest BCUT2D eigenvalue weighted by Gasteiger charge is 2.48. The largest absolute Gasteiger partial charge is 0.383 e. The number of carbonyl (C=O) groups is 3. The Morgan fingerprint density at radius 2 is 1.70 bits per heavy atom.